The molecule has 0 radical (unpaired) electrons. The van der Waals surface area contributed by atoms with E-state index in [2.05, 4.69) is 19.9 Å². The molecule has 0 aromatic heterocycles. The van der Waals surface area contributed by atoms with E-state index in [0.717, 1.165) is 12.8 Å². The molecule has 0 aliphatic heterocycles. The SMILES string of the molecule is CC(=O)O[C@H]1C(C)=CCCC1(C)C. The third kappa shape index (κ3) is 2.33. The Bertz CT molecular complexity index is 238. The molecule has 1 aliphatic rings. The van der Waals surface area contributed by atoms with Crippen molar-refractivity contribution in [1.82, 2.24) is 0 Å². The Morgan fingerprint density at radius 2 is 2.23 bits per heavy atom. The lowest BCUT2D eigenvalue weighted by Gasteiger charge is -2.37. The van der Waals surface area contributed by atoms with Crippen molar-refractivity contribution in [3.05, 3.63) is 11.6 Å². The minimum Gasteiger partial charge on any atom is -0.457 e. The summed E-state index contributed by atoms with van der Waals surface area (Å²) in [6, 6.07) is 0. The Morgan fingerprint density at radius 3 is 2.69 bits per heavy atom. The molecule has 0 heterocycles. The Morgan fingerprint density at radius 1 is 1.62 bits per heavy atom. The largest absolute Gasteiger partial charge is 0.457 e. The number of carbonyl (C=O) groups is 1. The van der Waals surface area contributed by atoms with E-state index < -0.39 is 0 Å². The van der Waals surface area contributed by atoms with E-state index >= 15 is 0 Å². The summed E-state index contributed by atoms with van der Waals surface area (Å²) in [4.78, 5) is 10.9. The molecule has 0 aromatic rings. The number of esters is 1. The predicted octanol–water partition coefficient (Wildman–Crippen LogP) is 2.68. The fourth-order valence-corrected chi connectivity index (χ4v) is 1.94. The van der Waals surface area contributed by atoms with Crippen LogP contribution in [0, 0.1) is 5.41 Å². The Kier molecular flexibility index (Phi) is 2.79. The van der Waals surface area contributed by atoms with Gasteiger partial charge in [-0.2, -0.15) is 0 Å². The minimum atomic E-state index is -0.187. The van der Waals surface area contributed by atoms with Gasteiger partial charge >= 0.3 is 5.97 Å². The predicted molar refractivity (Wildman–Crippen MR) is 52.3 cm³/mol. The molecule has 0 amide bonds. The summed E-state index contributed by atoms with van der Waals surface area (Å²) in [6.45, 7) is 7.81. The van der Waals surface area contributed by atoms with Crippen molar-refractivity contribution in [2.45, 2.75) is 46.6 Å². The van der Waals surface area contributed by atoms with Gasteiger partial charge in [0.05, 0.1) is 0 Å². The molecule has 0 saturated heterocycles. The van der Waals surface area contributed by atoms with Crippen LogP contribution in [0.4, 0.5) is 0 Å². The topological polar surface area (TPSA) is 26.3 Å². The van der Waals surface area contributed by atoms with Gasteiger partial charge in [0, 0.05) is 12.3 Å². The molecular weight excluding hydrogens is 164 g/mol. The molecule has 2 heteroatoms. The third-order valence-corrected chi connectivity index (χ3v) is 2.66. The van der Waals surface area contributed by atoms with Crippen LogP contribution in [0.15, 0.2) is 11.6 Å². The fourth-order valence-electron chi connectivity index (χ4n) is 1.94. The summed E-state index contributed by atoms with van der Waals surface area (Å²) in [6.07, 6.45) is 4.32. The van der Waals surface area contributed by atoms with Crippen LogP contribution in [0.5, 0.6) is 0 Å². The second kappa shape index (κ2) is 3.52. The second-order valence-corrected chi connectivity index (χ2v) is 4.46. The van der Waals surface area contributed by atoms with E-state index in [-0.39, 0.29) is 17.5 Å². The highest BCUT2D eigenvalue weighted by Crippen LogP contribution is 2.37. The number of hydrogen-bond acceptors (Lipinski definition) is 2. The van der Waals surface area contributed by atoms with Crippen LogP contribution in [0.3, 0.4) is 0 Å². The lowest BCUT2D eigenvalue weighted by atomic mass is 9.75. The molecule has 13 heavy (non-hydrogen) atoms. The Labute approximate surface area is 80.0 Å². The molecule has 74 valence electrons. The van der Waals surface area contributed by atoms with Crippen molar-refractivity contribution in [2.75, 3.05) is 0 Å². The average Bonchev–Trinajstić information content (AvgIpc) is 1.96. The van der Waals surface area contributed by atoms with Crippen LogP contribution < -0.4 is 0 Å². The summed E-state index contributed by atoms with van der Waals surface area (Å²) < 4.78 is 5.31. The summed E-state index contributed by atoms with van der Waals surface area (Å²) in [5.74, 6) is -0.187. The highest BCUT2D eigenvalue weighted by Gasteiger charge is 2.35. The molecule has 0 unspecified atom stereocenters. The maximum absolute atomic E-state index is 10.9. The van der Waals surface area contributed by atoms with Gasteiger partial charge in [0.1, 0.15) is 6.10 Å². The van der Waals surface area contributed by atoms with Crippen LogP contribution in [-0.2, 0) is 9.53 Å². The van der Waals surface area contributed by atoms with E-state index in [4.69, 9.17) is 4.74 Å². The monoisotopic (exact) mass is 182 g/mol. The first kappa shape index (κ1) is 10.3. The van der Waals surface area contributed by atoms with Crippen molar-refractivity contribution in [3.8, 4) is 0 Å². The van der Waals surface area contributed by atoms with Gasteiger partial charge in [-0.25, -0.2) is 0 Å². The lowest BCUT2D eigenvalue weighted by Crippen LogP contribution is -2.36. The van der Waals surface area contributed by atoms with Crippen molar-refractivity contribution >= 4 is 5.97 Å². The molecular formula is C11H18O2. The second-order valence-electron chi connectivity index (χ2n) is 4.46. The summed E-state index contributed by atoms with van der Waals surface area (Å²) in [7, 11) is 0. The van der Waals surface area contributed by atoms with E-state index in [1.807, 2.05) is 6.92 Å². The first-order chi connectivity index (χ1) is 5.93. The molecule has 0 saturated carbocycles. The number of rotatable bonds is 1. The third-order valence-electron chi connectivity index (χ3n) is 2.66. The van der Waals surface area contributed by atoms with Crippen LogP contribution in [0.1, 0.15) is 40.5 Å². The van der Waals surface area contributed by atoms with Gasteiger partial charge in [0.15, 0.2) is 0 Å². The summed E-state index contributed by atoms with van der Waals surface area (Å²) in [5, 5.41) is 0. The molecule has 0 aromatic carbocycles. The molecule has 1 aliphatic carbocycles. The van der Waals surface area contributed by atoms with Gasteiger partial charge in [-0.3, -0.25) is 4.79 Å². The van der Waals surface area contributed by atoms with Crippen molar-refractivity contribution in [1.29, 1.82) is 0 Å². The summed E-state index contributed by atoms with van der Waals surface area (Å²) >= 11 is 0. The molecule has 1 rings (SSSR count). The van der Waals surface area contributed by atoms with Crippen molar-refractivity contribution < 1.29 is 9.53 Å². The normalized spacial score (nSPS) is 26.5. The molecule has 2 nitrogen and oxygen atoms in total. The van der Waals surface area contributed by atoms with Gasteiger partial charge in [0.25, 0.3) is 0 Å². The van der Waals surface area contributed by atoms with E-state index in [1.54, 1.807) is 0 Å². The van der Waals surface area contributed by atoms with Crippen molar-refractivity contribution in [3.63, 3.8) is 0 Å². The summed E-state index contributed by atoms with van der Waals surface area (Å²) in [5.41, 5.74) is 1.27. The molecule has 0 spiro atoms. The van der Waals surface area contributed by atoms with Gasteiger partial charge in [-0.15, -0.1) is 0 Å². The Balaban J connectivity index is 2.81. The van der Waals surface area contributed by atoms with Crippen molar-refractivity contribution in [2.24, 2.45) is 5.41 Å². The standard InChI is InChI=1S/C11H18O2/c1-8-6-5-7-11(3,4)10(8)13-9(2)12/h6,10H,5,7H2,1-4H3/t10-/m0/s1. The van der Waals surface area contributed by atoms with Crippen LogP contribution in [0.2, 0.25) is 0 Å². The zero-order chi connectivity index (χ0) is 10.1. The van der Waals surface area contributed by atoms with Gasteiger partial charge in [-0.05, 0) is 25.3 Å². The molecule has 0 bridgehead atoms. The zero-order valence-electron chi connectivity index (χ0n) is 8.89. The molecule has 1 atom stereocenters. The number of allylic oxidation sites excluding steroid dienone is 1. The number of hydrogen-bond donors (Lipinski definition) is 0. The number of carbonyl (C=O) groups excluding carboxylic acids is 1. The Hall–Kier alpha value is -0.790. The lowest BCUT2D eigenvalue weighted by molar-refractivity contribution is -0.150. The maximum Gasteiger partial charge on any atom is 0.303 e. The van der Waals surface area contributed by atoms with E-state index in [0.29, 0.717) is 0 Å². The number of ether oxygens (including phenoxy) is 1. The zero-order valence-corrected chi connectivity index (χ0v) is 8.89. The van der Waals surface area contributed by atoms with E-state index in [1.165, 1.54) is 12.5 Å². The smallest absolute Gasteiger partial charge is 0.303 e. The molecule has 0 fully saturated rings. The highest BCUT2D eigenvalue weighted by molar-refractivity contribution is 5.66. The molecule has 0 N–H and O–H groups in total. The van der Waals surface area contributed by atoms with Gasteiger partial charge in [-0.1, -0.05) is 19.9 Å². The van der Waals surface area contributed by atoms with Crippen LogP contribution >= 0.6 is 0 Å². The van der Waals surface area contributed by atoms with E-state index in [9.17, 15) is 4.79 Å². The fraction of sp³-hybridized carbons (Fsp3) is 0.727. The first-order valence-corrected chi connectivity index (χ1v) is 4.77. The average molecular weight is 182 g/mol. The minimum absolute atomic E-state index is 0.0289. The van der Waals surface area contributed by atoms with Gasteiger partial charge < -0.3 is 4.74 Å². The van der Waals surface area contributed by atoms with Crippen LogP contribution in [0.25, 0.3) is 0 Å². The van der Waals surface area contributed by atoms with Crippen LogP contribution in [-0.4, -0.2) is 12.1 Å². The maximum atomic E-state index is 10.9. The quantitative estimate of drug-likeness (QED) is 0.460. The first-order valence-electron chi connectivity index (χ1n) is 4.77. The highest BCUT2D eigenvalue weighted by atomic mass is 16.5. The van der Waals surface area contributed by atoms with Gasteiger partial charge in [0.2, 0.25) is 0 Å².